The number of nitrogens with one attached hydrogen (secondary N) is 1. The molecule has 5 heteroatoms. The Hall–Kier alpha value is 0.120. The summed E-state index contributed by atoms with van der Waals surface area (Å²) in [5, 5.41) is 10.5. The summed E-state index contributed by atoms with van der Waals surface area (Å²) in [5.41, 5.74) is 0. The fourth-order valence-corrected chi connectivity index (χ4v) is 1.46. The monoisotopic (exact) mass is 247 g/mol. The van der Waals surface area contributed by atoms with Crippen LogP contribution in [0.5, 0.6) is 0 Å². The third-order valence-corrected chi connectivity index (χ3v) is 4.02. The summed E-state index contributed by atoms with van der Waals surface area (Å²) in [6.07, 6.45) is 0. The number of rotatable bonds is 2. The van der Waals surface area contributed by atoms with Gasteiger partial charge < -0.3 is 0 Å². The Morgan fingerprint density at radius 1 is 1.78 bits per heavy atom. The molecule has 0 amide bonds. The van der Waals surface area contributed by atoms with Crippen LogP contribution in [0.25, 0.3) is 0 Å². The first kappa shape index (κ1) is 9.12. The quantitative estimate of drug-likeness (QED) is 0.310. The van der Waals surface area contributed by atoms with Crippen molar-refractivity contribution in [3.8, 4) is 0 Å². The minimum atomic E-state index is -1.98. The van der Waals surface area contributed by atoms with Gasteiger partial charge in [0, 0.05) is 0 Å². The van der Waals surface area contributed by atoms with Crippen molar-refractivity contribution in [3.05, 3.63) is 5.21 Å². The minimum absolute atomic E-state index is 0.0226. The zero-order chi connectivity index (χ0) is 7.44. The Balaban J connectivity index is 3.50. The van der Waals surface area contributed by atoms with Crippen LogP contribution in [0.15, 0.2) is 0 Å². The number of alkyl halides is 1. The van der Waals surface area contributed by atoms with Gasteiger partial charge in [-0.2, -0.15) is 0 Å². The maximum absolute atomic E-state index is 10.5. The number of carbonyl (C=O) groups is 1. The fourth-order valence-electron chi connectivity index (χ4n) is 0.217. The van der Waals surface area contributed by atoms with Crippen LogP contribution >= 0.6 is 20.5 Å². The molecule has 0 heterocycles. The molecule has 0 saturated heterocycles. The summed E-state index contributed by atoms with van der Waals surface area (Å²) < 4.78 is 4.70. The van der Waals surface area contributed by atoms with E-state index in [4.69, 9.17) is 0 Å². The van der Waals surface area contributed by atoms with E-state index in [2.05, 4.69) is 3.07 Å². The van der Waals surface area contributed by atoms with E-state index in [0.717, 1.165) is 0 Å². The van der Waals surface area contributed by atoms with E-state index in [1.165, 1.54) is 14.0 Å². The summed E-state index contributed by atoms with van der Waals surface area (Å²) in [5.74, 6) is -0.349. The van der Waals surface area contributed by atoms with Gasteiger partial charge in [-0.1, -0.05) is 0 Å². The average Bonchev–Trinajstić information content (AvgIpc) is 1.63. The Kier molecular flexibility index (Phi) is 4.07. The third kappa shape index (κ3) is 4.61. The van der Waals surface area contributed by atoms with Crippen LogP contribution in [-0.2, 0) is 7.86 Å². The molecule has 0 aliphatic rings. The van der Waals surface area contributed by atoms with Gasteiger partial charge in [0.15, 0.2) is 0 Å². The van der Waals surface area contributed by atoms with Crippen molar-refractivity contribution in [3.63, 3.8) is 0 Å². The molecule has 0 spiro atoms. The fraction of sp³-hybridized carbons (Fsp3) is 0.750. The van der Waals surface area contributed by atoms with E-state index >= 15 is 0 Å². The third-order valence-electron chi connectivity index (χ3n) is 0.599. The predicted molar refractivity (Wildman–Crippen MR) is 42.0 cm³/mol. The first-order valence-electron chi connectivity index (χ1n) is 2.33. The standard InChI is InChI=1S/C4H10INO3/c1-4(7)9-5(2)6(3)8/h6H,1-3H3. The van der Waals surface area contributed by atoms with Gasteiger partial charge in [-0.25, -0.2) is 0 Å². The molecular weight excluding hydrogens is 237 g/mol. The van der Waals surface area contributed by atoms with Gasteiger partial charge >= 0.3 is 61.7 Å². The van der Waals surface area contributed by atoms with Crippen LogP contribution in [-0.4, -0.2) is 17.9 Å². The van der Waals surface area contributed by atoms with Crippen LogP contribution < -0.4 is 3.28 Å². The van der Waals surface area contributed by atoms with Crippen molar-refractivity contribution in [1.29, 1.82) is 0 Å². The summed E-state index contributed by atoms with van der Waals surface area (Å²) in [6.45, 7) is 1.32. The van der Waals surface area contributed by atoms with Crippen LogP contribution in [0, 0.1) is 5.21 Å². The Morgan fingerprint density at radius 3 is 2.33 bits per heavy atom. The zero-order valence-electron chi connectivity index (χ0n) is 5.60. The van der Waals surface area contributed by atoms with Gasteiger partial charge in [-0.3, -0.25) is 0 Å². The predicted octanol–water partition coefficient (Wildman–Crippen LogP) is -0.472. The summed E-state index contributed by atoms with van der Waals surface area (Å²) in [6, 6.07) is 0. The van der Waals surface area contributed by atoms with E-state index in [9.17, 15) is 10.0 Å². The summed E-state index contributed by atoms with van der Waals surface area (Å²) in [7, 11) is 1.45. The van der Waals surface area contributed by atoms with Crippen molar-refractivity contribution >= 4 is 26.5 Å². The van der Waals surface area contributed by atoms with Crippen LogP contribution in [0.3, 0.4) is 0 Å². The zero-order valence-corrected chi connectivity index (χ0v) is 7.76. The SMILES string of the molecule is CC(=O)OI(C)[NH+](C)[O-]. The number of hydrogen-bond donors (Lipinski definition) is 1. The molecule has 0 aliphatic carbocycles. The molecule has 0 fully saturated rings. The van der Waals surface area contributed by atoms with Gasteiger partial charge in [0.25, 0.3) is 0 Å². The number of carbonyl (C=O) groups excluding carboxylic acids is 1. The number of hydroxylamine groups is 1. The van der Waals surface area contributed by atoms with Crippen molar-refractivity contribution in [2.45, 2.75) is 6.92 Å². The molecule has 4 nitrogen and oxygen atoms in total. The molecule has 0 bridgehead atoms. The van der Waals surface area contributed by atoms with E-state index in [-0.39, 0.29) is 9.25 Å². The van der Waals surface area contributed by atoms with Crippen LogP contribution in [0.4, 0.5) is 0 Å². The molecule has 1 unspecified atom stereocenters. The molecule has 0 saturated carbocycles. The van der Waals surface area contributed by atoms with Gasteiger partial charge in [0.05, 0.1) is 0 Å². The molecule has 0 radical (unpaired) electrons. The second kappa shape index (κ2) is 4.02. The van der Waals surface area contributed by atoms with E-state index in [0.29, 0.717) is 0 Å². The van der Waals surface area contributed by atoms with Crippen molar-refractivity contribution in [2.75, 3.05) is 12.0 Å². The first-order valence-corrected chi connectivity index (χ1v) is 6.45. The van der Waals surface area contributed by atoms with E-state index < -0.39 is 20.5 Å². The summed E-state index contributed by atoms with van der Waals surface area (Å²) >= 11 is -1.98. The molecule has 1 atom stereocenters. The first-order chi connectivity index (χ1) is 4.04. The van der Waals surface area contributed by atoms with E-state index in [1.54, 1.807) is 4.93 Å². The molecule has 0 rings (SSSR count). The maximum atomic E-state index is 10.5. The van der Waals surface area contributed by atoms with Gasteiger partial charge in [-0.15, -0.1) is 0 Å². The van der Waals surface area contributed by atoms with Crippen molar-refractivity contribution in [1.82, 2.24) is 0 Å². The van der Waals surface area contributed by atoms with Gasteiger partial charge in [0.2, 0.25) is 0 Å². The van der Waals surface area contributed by atoms with Crippen molar-refractivity contribution < 1.29 is 11.1 Å². The normalized spacial score (nSPS) is 14.4. The Bertz CT molecular complexity index is 106. The second-order valence-corrected chi connectivity index (χ2v) is 5.82. The van der Waals surface area contributed by atoms with Crippen molar-refractivity contribution in [2.24, 2.45) is 0 Å². The molecule has 9 heavy (non-hydrogen) atoms. The Labute approximate surface area is 62.0 Å². The van der Waals surface area contributed by atoms with Crippen LogP contribution in [0.2, 0.25) is 0 Å². The number of quaternary nitrogens is 1. The summed E-state index contributed by atoms with van der Waals surface area (Å²) in [4.78, 5) is 11.9. The molecule has 1 N–H and O–H groups in total. The topological polar surface area (TPSA) is 53.8 Å². The Morgan fingerprint density at radius 2 is 2.22 bits per heavy atom. The van der Waals surface area contributed by atoms with E-state index in [1.807, 2.05) is 0 Å². The molecule has 0 aromatic heterocycles. The number of hydrogen-bond acceptors (Lipinski definition) is 3. The molecule has 0 aromatic rings. The van der Waals surface area contributed by atoms with Gasteiger partial charge in [0.1, 0.15) is 0 Å². The second-order valence-electron chi connectivity index (χ2n) is 1.46. The molecule has 0 aliphatic heterocycles. The molecule has 0 aromatic carbocycles. The molecular formula is C4H10INO3. The number of halogens is 1. The molecule has 56 valence electrons. The van der Waals surface area contributed by atoms with Crippen LogP contribution in [0.1, 0.15) is 6.92 Å². The van der Waals surface area contributed by atoms with Gasteiger partial charge in [-0.05, 0) is 0 Å². The average molecular weight is 247 g/mol.